The van der Waals surface area contributed by atoms with Crippen molar-refractivity contribution >= 4 is 37.8 Å². The number of aryl methyl sites for hydroxylation is 1. The van der Waals surface area contributed by atoms with Crippen LogP contribution >= 0.6 is 11.3 Å². The summed E-state index contributed by atoms with van der Waals surface area (Å²) in [6, 6.07) is 7.00. The van der Waals surface area contributed by atoms with Crippen molar-refractivity contribution < 1.29 is 4.39 Å². The third kappa shape index (κ3) is 2.40. The maximum Gasteiger partial charge on any atom is 0.327 e. The van der Waals surface area contributed by atoms with E-state index in [2.05, 4.69) is 20.3 Å². The first kappa shape index (κ1) is 15.5. The number of nitrogens with one attached hydrogen (secondary N) is 2. The number of nitrogens with zero attached hydrogens (tertiary/aromatic N) is 3. The molecule has 2 N–H and O–H groups in total. The van der Waals surface area contributed by atoms with Crippen molar-refractivity contribution in [3.8, 4) is 0 Å². The smallest absolute Gasteiger partial charge is 0.327 e. The fourth-order valence-corrected chi connectivity index (χ4v) is 4.58. The summed E-state index contributed by atoms with van der Waals surface area (Å²) in [6.45, 7) is 0. The summed E-state index contributed by atoms with van der Waals surface area (Å²) in [5, 5.41) is 4.27. The average molecular weight is 369 g/mol. The number of aromatic nitrogens is 4. The maximum absolute atomic E-state index is 13.3. The number of halogens is 1. The maximum atomic E-state index is 13.3. The summed E-state index contributed by atoms with van der Waals surface area (Å²) in [7, 11) is 1.76. The fraction of sp³-hybridized carbons (Fsp3) is 0.278. The average Bonchev–Trinajstić information content (AvgIpc) is 3.11. The van der Waals surface area contributed by atoms with Gasteiger partial charge in [0.1, 0.15) is 5.82 Å². The third-order valence-electron chi connectivity index (χ3n) is 5.08. The van der Waals surface area contributed by atoms with Gasteiger partial charge in [-0.25, -0.2) is 19.2 Å². The van der Waals surface area contributed by atoms with Gasteiger partial charge in [-0.3, -0.25) is 9.55 Å². The largest absolute Gasteiger partial charge is 0.359 e. The number of benzene rings is 1. The van der Waals surface area contributed by atoms with Crippen molar-refractivity contribution in [3.05, 3.63) is 52.3 Å². The molecule has 0 amide bonds. The van der Waals surface area contributed by atoms with E-state index in [1.54, 1.807) is 23.9 Å². The Morgan fingerprint density at radius 2 is 2.19 bits per heavy atom. The summed E-state index contributed by atoms with van der Waals surface area (Å²) >= 11 is 1.54. The number of imidazole rings is 1. The normalized spacial score (nSPS) is 19.8. The van der Waals surface area contributed by atoms with Crippen LogP contribution in [0.2, 0.25) is 0 Å². The number of anilines is 1. The minimum absolute atomic E-state index is 0.143. The SMILES string of the molecule is Cn1c(=O)[nH]c2nccc(C3CC(Nc4nc5cc(F)ccc5s4)C3)c21. The molecule has 6 nitrogen and oxygen atoms in total. The standard InChI is InChI=1S/C18H16FN5OS/c1-24-15-12(4-5-20-16(15)23-18(24)25)9-6-11(7-9)21-17-22-13-8-10(19)2-3-14(13)26-17/h2-5,8-9,11H,6-7H2,1H3,(H,21,22)(H,20,23,25). The zero-order valence-electron chi connectivity index (χ0n) is 14.0. The van der Waals surface area contributed by atoms with Gasteiger partial charge in [-0.2, -0.15) is 0 Å². The van der Waals surface area contributed by atoms with Gasteiger partial charge in [0.2, 0.25) is 0 Å². The van der Waals surface area contributed by atoms with E-state index in [9.17, 15) is 9.18 Å². The molecule has 0 spiro atoms. The monoisotopic (exact) mass is 369 g/mol. The molecule has 26 heavy (non-hydrogen) atoms. The molecule has 5 rings (SSSR count). The highest BCUT2D eigenvalue weighted by molar-refractivity contribution is 7.22. The highest BCUT2D eigenvalue weighted by atomic mass is 32.1. The lowest BCUT2D eigenvalue weighted by molar-refractivity contribution is 0.375. The summed E-state index contributed by atoms with van der Waals surface area (Å²) in [6.07, 6.45) is 3.67. The minimum atomic E-state index is -0.267. The highest BCUT2D eigenvalue weighted by Crippen LogP contribution is 2.41. The number of H-pyrrole nitrogens is 1. The Morgan fingerprint density at radius 3 is 3.04 bits per heavy atom. The Balaban J connectivity index is 1.35. The summed E-state index contributed by atoms with van der Waals surface area (Å²) < 4.78 is 15.9. The van der Waals surface area contributed by atoms with Gasteiger partial charge in [0, 0.05) is 25.4 Å². The lowest BCUT2D eigenvalue weighted by atomic mass is 9.76. The fourth-order valence-electron chi connectivity index (χ4n) is 3.66. The molecule has 0 bridgehead atoms. The first-order valence-electron chi connectivity index (χ1n) is 8.45. The molecule has 0 unspecified atom stereocenters. The number of hydrogen-bond donors (Lipinski definition) is 2. The second kappa shape index (κ2) is 5.63. The molecule has 0 radical (unpaired) electrons. The van der Waals surface area contributed by atoms with E-state index in [-0.39, 0.29) is 11.5 Å². The molecule has 8 heteroatoms. The van der Waals surface area contributed by atoms with Gasteiger partial charge in [-0.05, 0) is 42.5 Å². The predicted molar refractivity (Wildman–Crippen MR) is 100 cm³/mol. The number of hydrogen-bond acceptors (Lipinski definition) is 5. The quantitative estimate of drug-likeness (QED) is 0.581. The van der Waals surface area contributed by atoms with Crippen molar-refractivity contribution in [2.45, 2.75) is 24.8 Å². The van der Waals surface area contributed by atoms with E-state index in [0.29, 0.717) is 23.1 Å². The van der Waals surface area contributed by atoms with E-state index in [0.717, 1.165) is 33.8 Å². The Morgan fingerprint density at radius 1 is 1.35 bits per heavy atom. The molecule has 1 aromatic carbocycles. The van der Waals surface area contributed by atoms with E-state index < -0.39 is 0 Å². The first-order valence-corrected chi connectivity index (χ1v) is 9.26. The van der Waals surface area contributed by atoms with Crippen LogP contribution in [0.15, 0.2) is 35.3 Å². The Kier molecular flexibility index (Phi) is 3.36. The van der Waals surface area contributed by atoms with Crippen LogP contribution < -0.4 is 11.0 Å². The van der Waals surface area contributed by atoms with E-state index in [1.165, 1.54) is 23.5 Å². The number of thiazole rings is 1. The van der Waals surface area contributed by atoms with Gasteiger partial charge in [0.25, 0.3) is 0 Å². The van der Waals surface area contributed by atoms with Gasteiger partial charge >= 0.3 is 5.69 Å². The zero-order chi connectivity index (χ0) is 17.8. The molecule has 1 saturated carbocycles. The van der Waals surface area contributed by atoms with E-state index in [1.807, 2.05) is 6.07 Å². The van der Waals surface area contributed by atoms with Gasteiger partial charge in [-0.1, -0.05) is 11.3 Å². The molecule has 1 aliphatic carbocycles. The van der Waals surface area contributed by atoms with Crippen LogP contribution in [0, 0.1) is 5.82 Å². The van der Waals surface area contributed by atoms with Crippen LogP contribution in [0.3, 0.4) is 0 Å². The van der Waals surface area contributed by atoms with Crippen LogP contribution in [0.4, 0.5) is 9.52 Å². The van der Waals surface area contributed by atoms with Gasteiger partial charge in [0.15, 0.2) is 10.8 Å². The molecule has 132 valence electrons. The Labute approximate surface area is 151 Å². The summed E-state index contributed by atoms with van der Waals surface area (Å²) in [5.74, 6) is 0.114. The molecule has 3 heterocycles. The van der Waals surface area contributed by atoms with E-state index in [4.69, 9.17) is 0 Å². The second-order valence-electron chi connectivity index (χ2n) is 6.73. The number of rotatable bonds is 3. The van der Waals surface area contributed by atoms with Gasteiger partial charge in [-0.15, -0.1) is 0 Å². The minimum Gasteiger partial charge on any atom is -0.359 e. The van der Waals surface area contributed by atoms with Gasteiger partial charge in [0.05, 0.1) is 15.7 Å². The van der Waals surface area contributed by atoms with Crippen molar-refractivity contribution in [1.29, 1.82) is 0 Å². The molecule has 0 atom stereocenters. The van der Waals surface area contributed by atoms with E-state index >= 15 is 0 Å². The van der Waals surface area contributed by atoms with Crippen molar-refractivity contribution in [2.24, 2.45) is 7.05 Å². The first-order chi connectivity index (χ1) is 12.6. The molecule has 1 fully saturated rings. The van der Waals surface area contributed by atoms with Crippen LogP contribution in [-0.2, 0) is 7.05 Å². The molecule has 4 aromatic rings. The van der Waals surface area contributed by atoms with Crippen LogP contribution in [0.5, 0.6) is 0 Å². The summed E-state index contributed by atoms with van der Waals surface area (Å²) in [4.78, 5) is 23.4. The Hall–Kier alpha value is -2.74. The van der Waals surface area contributed by atoms with Gasteiger partial charge < -0.3 is 5.32 Å². The van der Waals surface area contributed by atoms with Crippen molar-refractivity contribution in [3.63, 3.8) is 0 Å². The molecule has 3 aromatic heterocycles. The van der Waals surface area contributed by atoms with Crippen LogP contribution in [-0.4, -0.2) is 25.6 Å². The topological polar surface area (TPSA) is 75.6 Å². The van der Waals surface area contributed by atoms with Crippen LogP contribution in [0.1, 0.15) is 24.3 Å². The van der Waals surface area contributed by atoms with Crippen molar-refractivity contribution in [1.82, 2.24) is 19.5 Å². The third-order valence-corrected chi connectivity index (χ3v) is 6.04. The molecule has 0 aliphatic heterocycles. The van der Waals surface area contributed by atoms with Crippen LogP contribution in [0.25, 0.3) is 21.4 Å². The predicted octanol–water partition coefficient (Wildman–Crippen LogP) is 3.37. The molecule has 1 aliphatic rings. The second-order valence-corrected chi connectivity index (χ2v) is 7.76. The number of pyridine rings is 1. The lowest BCUT2D eigenvalue weighted by Gasteiger charge is -2.36. The van der Waals surface area contributed by atoms with Crippen molar-refractivity contribution in [2.75, 3.05) is 5.32 Å². The number of fused-ring (bicyclic) bond motifs is 2. The lowest BCUT2D eigenvalue weighted by Crippen LogP contribution is -2.34. The molecular weight excluding hydrogens is 353 g/mol. The molecule has 0 saturated heterocycles. The summed E-state index contributed by atoms with van der Waals surface area (Å²) in [5.41, 5.74) is 3.22. The Bertz CT molecular complexity index is 1190. The number of aromatic amines is 1. The molecular formula is C18H16FN5OS. The highest BCUT2D eigenvalue weighted by Gasteiger charge is 2.33. The zero-order valence-corrected chi connectivity index (χ0v) is 14.8.